The Kier molecular flexibility index (Phi) is 7.92. The maximum atomic E-state index is 13.6. The summed E-state index contributed by atoms with van der Waals surface area (Å²) in [5, 5.41) is 0. The van der Waals surface area contributed by atoms with Crippen LogP contribution in [-0.4, -0.2) is 32.2 Å². The van der Waals surface area contributed by atoms with E-state index in [-0.39, 0.29) is 31.5 Å². The van der Waals surface area contributed by atoms with E-state index in [2.05, 4.69) is 0 Å². The molecule has 0 radical (unpaired) electrons. The standard InChI is InChI=1S/C27H27F3N2O3/c28-21-8-11-25-19(16-21)3-2-12-32(25)27(33)20(17-31)15-18-6-9-22(10-7-18)34-13-14-35-26-23(29)4-1-5-24(26)30/h1,4-11,16,20H,2-3,12-15,17,31H2. The predicted octanol–water partition coefficient (Wildman–Crippen LogP) is 4.66. The van der Waals surface area contributed by atoms with Crippen LogP contribution in [-0.2, 0) is 17.6 Å². The molecule has 5 nitrogen and oxygen atoms in total. The Morgan fingerprint density at radius 2 is 1.69 bits per heavy atom. The number of rotatable bonds is 9. The van der Waals surface area contributed by atoms with Crippen molar-refractivity contribution < 1.29 is 27.4 Å². The summed E-state index contributed by atoms with van der Waals surface area (Å²) in [6, 6.07) is 15.3. The first kappa shape index (κ1) is 24.6. The first-order valence-corrected chi connectivity index (χ1v) is 11.5. The molecular formula is C27H27F3N2O3. The molecule has 4 rings (SSSR count). The first-order valence-electron chi connectivity index (χ1n) is 11.5. The summed E-state index contributed by atoms with van der Waals surface area (Å²) in [7, 11) is 0. The van der Waals surface area contributed by atoms with Crippen LogP contribution in [0.3, 0.4) is 0 Å². The van der Waals surface area contributed by atoms with Gasteiger partial charge in [0.05, 0.1) is 5.92 Å². The van der Waals surface area contributed by atoms with Gasteiger partial charge in [0.1, 0.15) is 24.8 Å². The number of hydrogen-bond donors (Lipinski definition) is 1. The van der Waals surface area contributed by atoms with Gasteiger partial charge in [0, 0.05) is 18.8 Å². The van der Waals surface area contributed by atoms with Crippen molar-refractivity contribution in [3.8, 4) is 11.5 Å². The number of ether oxygens (including phenoxy) is 2. The van der Waals surface area contributed by atoms with Crippen LogP contribution >= 0.6 is 0 Å². The molecular weight excluding hydrogens is 457 g/mol. The number of benzene rings is 3. The SMILES string of the molecule is NCC(Cc1ccc(OCCOc2c(F)cccc2F)cc1)C(=O)N1CCCc2cc(F)ccc21. The van der Waals surface area contributed by atoms with Gasteiger partial charge in [0.2, 0.25) is 5.91 Å². The minimum Gasteiger partial charge on any atom is -0.490 e. The number of hydrogen-bond acceptors (Lipinski definition) is 4. The number of carbonyl (C=O) groups excluding carboxylic acids is 1. The molecule has 2 N–H and O–H groups in total. The number of anilines is 1. The molecule has 184 valence electrons. The molecule has 0 saturated carbocycles. The van der Waals surface area contributed by atoms with E-state index in [1.54, 1.807) is 23.1 Å². The normalized spacial score (nSPS) is 13.8. The van der Waals surface area contributed by atoms with Gasteiger partial charge in [-0.15, -0.1) is 0 Å². The molecule has 1 amide bonds. The minimum absolute atomic E-state index is 0.0233. The molecule has 1 unspecified atom stereocenters. The number of amides is 1. The number of halogens is 3. The summed E-state index contributed by atoms with van der Waals surface area (Å²) in [4.78, 5) is 15.0. The number of fused-ring (bicyclic) bond motifs is 1. The molecule has 35 heavy (non-hydrogen) atoms. The van der Waals surface area contributed by atoms with E-state index in [1.807, 2.05) is 12.1 Å². The van der Waals surface area contributed by atoms with E-state index in [4.69, 9.17) is 15.2 Å². The topological polar surface area (TPSA) is 64.8 Å². The highest BCUT2D eigenvalue weighted by atomic mass is 19.1. The lowest BCUT2D eigenvalue weighted by Crippen LogP contribution is -2.42. The van der Waals surface area contributed by atoms with E-state index in [9.17, 15) is 18.0 Å². The third-order valence-corrected chi connectivity index (χ3v) is 5.98. The molecule has 3 aromatic carbocycles. The molecule has 0 fully saturated rings. The predicted molar refractivity (Wildman–Crippen MR) is 127 cm³/mol. The van der Waals surface area contributed by atoms with E-state index in [0.717, 1.165) is 41.8 Å². The first-order chi connectivity index (χ1) is 17.0. The van der Waals surface area contributed by atoms with Crippen LogP contribution in [0.4, 0.5) is 18.9 Å². The second-order valence-corrected chi connectivity index (χ2v) is 8.39. The van der Waals surface area contributed by atoms with E-state index in [0.29, 0.717) is 18.7 Å². The highest BCUT2D eigenvalue weighted by molar-refractivity contribution is 5.96. The van der Waals surface area contributed by atoms with Crippen molar-refractivity contribution in [2.24, 2.45) is 11.7 Å². The minimum atomic E-state index is -0.765. The fourth-order valence-corrected chi connectivity index (χ4v) is 4.22. The number of nitrogens with zero attached hydrogens (tertiary/aromatic N) is 1. The molecule has 0 bridgehead atoms. The zero-order chi connectivity index (χ0) is 24.8. The second-order valence-electron chi connectivity index (χ2n) is 8.39. The molecule has 1 heterocycles. The van der Waals surface area contributed by atoms with Crippen LogP contribution < -0.4 is 20.1 Å². The Labute approximate surface area is 202 Å². The van der Waals surface area contributed by atoms with E-state index in [1.165, 1.54) is 18.2 Å². The van der Waals surface area contributed by atoms with Crippen LogP contribution in [0.15, 0.2) is 60.7 Å². The van der Waals surface area contributed by atoms with Crippen LogP contribution in [0.1, 0.15) is 17.5 Å². The van der Waals surface area contributed by atoms with E-state index < -0.39 is 23.3 Å². The third-order valence-electron chi connectivity index (χ3n) is 5.98. The van der Waals surface area contributed by atoms with Crippen LogP contribution in [0.5, 0.6) is 11.5 Å². The van der Waals surface area contributed by atoms with Crippen molar-refractivity contribution in [2.75, 3.05) is 31.2 Å². The van der Waals surface area contributed by atoms with Gasteiger partial charge in [0.15, 0.2) is 17.4 Å². The highest BCUT2D eigenvalue weighted by Gasteiger charge is 2.28. The number of para-hydroxylation sites is 1. The van der Waals surface area contributed by atoms with Crippen molar-refractivity contribution >= 4 is 11.6 Å². The van der Waals surface area contributed by atoms with Gasteiger partial charge >= 0.3 is 0 Å². The van der Waals surface area contributed by atoms with Crippen LogP contribution in [0.2, 0.25) is 0 Å². The maximum Gasteiger partial charge on any atom is 0.231 e. The molecule has 0 aliphatic carbocycles. The van der Waals surface area contributed by atoms with Gasteiger partial charge < -0.3 is 20.1 Å². The second kappa shape index (κ2) is 11.3. The maximum absolute atomic E-state index is 13.6. The van der Waals surface area contributed by atoms with Gasteiger partial charge in [-0.25, -0.2) is 13.2 Å². The molecule has 0 aromatic heterocycles. The Bertz CT molecular complexity index is 1150. The fourth-order valence-electron chi connectivity index (χ4n) is 4.22. The van der Waals surface area contributed by atoms with Crippen LogP contribution in [0.25, 0.3) is 0 Å². The van der Waals surface area contributed by atoms with Gasteiger partial charge in [-0.05, 0) is 72.9 Å². The summed E-state index contributed by atoms with van der Waals surface area (Å²) in [6.07, 6.45) is 1.98. The van der Waals surface area contributed by atoms with Gasteiger partial charge in [0.25, 0.3) is 0 Å². The van der Waals surface area contributed by atoms with Gasteiger partial charge in [-0.1, -0.05) is 18.2 Å². The zero-order valence-corrected chi connectivity index (χ0v) is 19.2. The monoisotopic (exact) mass is 484 g/mol. The summed E-state index contributed by atoms with van der Waals surface area (Å²) in [5.74, 6) is -2.18. The van der Waals surface area contributed by atoms with Crippen molar-refractivity contribution in [3.63, 3.8) is 0 Å². The van der Waals surface area contributed by atoms with Crippen molar-refractivity contribution in [1.82, 2.24) is 0 Å². The quantitative estimate of drug-likeness (QED) is 0.449. The summed E-state index contributed by atoms with van der Waals surface area (Å²) >= 11 is 0. The van der Waals surface area contributed by atoms with E-state index >= 15 is 0 Å². The Hall–Kier alpha value is -3.52. The summed E-state index contributed by atoms with van der Waals surface area (Å²) < 4.78 is 51.5. The van der Waals surface area contributed by atoms with Gasteiger partial charge in [-0.2, -0.15) is 0 Å². The Morgan fingerprint density at radius 1 is 0.971 bits per heavy atom. The lowest BCUT2D eigenvalue weighted by Gasteiger charge is -2.32. The summed E-state index contributed by atoms with van der Waals surface area (Å²) in [6.45, 7) is 0.851. The molecule has 1 aliphatic rings. The Morgan fingerprint density at radius 3 is 2.40 bits per heavy atom. The molecule has 1 aliphatic heterocycles. The lowest BCUT2D eigenvalue weighted by molar-refractivity contribution is -0.122. The highest BCUT2D eigenvalue weighted by Crippen LogP contribution is 2.29. The van der Waals surface area contributed by atoms with Crippen LogP contribution in [0, 0.1) is 23.4 Å². The van der Waals surface area contributed by atoms with Gasteiger partial charge in [-0.3, -0.25) is 4.79 Å². The molecule has 8 heteroatoms. The number of carbonyl (C=O) groups is 1. The average Bonchev–Trinajstić information content (AvgIpc) is 2.86. The fraction of sp³-hybridized carbons (Fsp3) is 0.296. The molecule has 0 saturated heterocycles. The van der Waals surface area contributed by atoms with Crippen molar-refractivity contribution in [1.29, 1.82) is 0 Å². The average molecular weight is 485 g/mol. The largest absolute Gasteiger partial charge is 0.490 e. The smallest absolute Gasteiger partial charge is 0.231 e. The molecule has 3 aromatic rings. The zero-order valence-electron chi connectivity index (χ0n) is 19.2. The number of aryl methyl sites for hydroxylation is 1. The molecule has 1 atom stereocenters. The third kappa shape index (κ3) is 5.95. The van der Waals surface area contributed by atoms with Crippen molar-refractivity contribution in [3.05, 3.63) is 89.2 Å². The Balaban J connectivity index is 1.32. The van der Waals surface area contributed by atoms with Crippen molar-refractivity contribution in [2.45, 2.75) is 19.3 Å². The lowest BCUT2D eigenvalue weighted by atomic mass is 9.95. The summed E-state index contributed by atoms with van der Waals surface area (Å²) in [5.41, 5.74) is 8.46. The molecule has 0 spiro atoms. The number of nitrogens with two attached hydrogens (primary N) is 1.